The number of aliphatic carboxylic acids is 2. The predicted molar refractivity (Wildman–Crippen MR) is 216 cm³/mol. The number of carbonyl (C=O) groups excluding carboxylic acids is 2. The van der Waals surface area contributed by atoms with Gasteiger partial charge in [-0.05, 0) is 32.1 Å². The van der Waals surface area contributed by atoms with Gasteiger partial charge in [-0.1, -0.05) is 52.5 Å². The molecule has 2 fully saturated rings. The van der Waals surface area contributed by atoms with Crippen LogP contribution < -0.4 is 62.3 Å². The zero-order valence-corrected chi connectivity index (χ0v) is 37.7. The first kappa shape index (κ1) is 53.5. The van der Waals surface area contributed by atoms with Gasteiger partial charge in [0.15, 0.2) is 23.6 Å². The van der Waals surface area contributed by atoms with Crippen molar-refractivity contribution in [2.24, 2.45) is 0 Å². The van der Waals surface area contributed by atoms with Gasteiger partial charge in [-0.2, -0.15) is 0 Å². The molecule has 2 aromatic carbocycles. The summed E-state index contributed by atoms with van der Waals surface area (Å²) in [6.45, 7) is 5.49. The summed E-state index contributed by atoms with van der Waals surface area (Å²) in [5.74, 6) is -2.12. The second-order valence-electron chi connectivity index (χ2n) is 14.4. The summed E-state index contributed by atoms with van der Waals surface area (Å²) < 4.78 is 25.6. The smallest absolute Gasteiger partial charge is 0.547 e. The number of halogens is 4. The predicted octanol–water partition coefficient (Wildman–Crippen LogP) is -6.30. The number of hydrogen-bond acceptors (Lipinski definition) is 16. The third kappa shape index (κ3) is 11.2. The first-order valence-corrected chi connectivity index (χ1v) is 20.9. The first-order valence-electron chi connectivity index (χ1n) is 19.4. The number of ether oxygens (including phenoxy) is 4. The molecule has 18 nitrogen and oxygen atoms in total. The molecule has 0 amide bonds. The zero-order valence-electron chi connectivity index (χ0n) is 34.7. The Morgan fingerprint density at radius 3 is 1.65 bits per heavy atom. The largest absolute Gasteiger partial charge is 1.00 e. The van der Waals surface area contributed by atoms with Gasteiger partial charge >= 0.3 is 37.7 Å². The number of allylic oxidation sites excluding steroid dienone is 2. The average Bonchev–Trinajstić information content (AvgIpc) is 3.66. The molecule has 0 bridgehead atoms. The van der Waals surface area contributed by atoms with Crippen LogP contribution in [0, 0.1) is 0 Å². The molecule has 3 aliphatic heterocycles. The van der Waals surface area contributed by atoms with Gasteiger partial charge in [-0.3, -0.25) is 0 Å². The van der Waals surface area contributed by atoms with Crippen molar-refractivity contribution in [1.29, 1.82) is 0 Å². The maximum Gasteiger partial charge on any atom is 1.00 e. The summed E-state index contributed by atoms with van der Waals surface area (Å²) in [7, 11) is 0. The maximum atomic E-state index is 11.5. The van der Waals surface area contributed by atoms with Crippen LogP contribution in [0.25, 0.3) is 17.1 Å². The monoisotopic (exact) mass is 947 g/mol. The van der Waals surface area contributed by atoms with Crippen LogP contribution in [-0.2, 0) is 41.6 Å². The fraction of sp³-hybridized carbons (Fsp3) is 0.513. The molecule has 0 saturated carbocycles. The van der Waals surface area contributed by atoms with Gasteiger partial charge < -0.3 is 79.2 Å². The summed E-state index contributed by atoms with van der Waals surface area (Å²) in [6.07, 6.45) is -12.1. The minimum Gasteiger partial charge on any atom is -0.547 e. The van der Waals surface area contributed by atoms with Crippen LogP contribution in [0.5, 0.6) is 0 Å². The molecular formula is C39H45Cl4Li2N4O14+. The second kappa shape index (κ2) is 23.1. The molecule has 0 spiro atoms. The van der Waals surface area contributed by atoms with Gasteiger partial charge in [0.05, 0.1) is 69.7 Å². The fourth-order valence-corrected chi connectivity index (χ4v) is 8.25. The van der Waals surface area contributed by atoms with E-state index in [1.807, 2.05) is 53.3 Å². The molecule has 2 saturated heterocycles. The molecule has 4 unspecified atom stereocenters. The van der Waals surface area contributed by atoms with Crippen molar-refractivity contribution < 1.29 is 112 Å². The van der Waals surface area contributed by atoms with E-state index in [9.17, 15) is 50.4 Å². The van der Waals surface area contributed by atoms with Crippen molar-refractivity contribution in [2.75, 3.05) is 36.1 Å². The van der Waals surface area contributed by atoms with Crippen LogP contribution in [0.3, 0.4) is 0 Å². The van der Waals surface area contributed by atoms with E-state index in [1.54, 1.807) is 12.1 Å². The van der Waals surface area contributed by atoms with E-state index in [-0.39, 0.29) is 86.9 Å². The topological polar surface area (TPSA) is 254 Å². The molecule has 24 heteroatoms. The van der Waals surface area contributed by atoms with Crippen molar-refractivity contribution in [1.82, 2.24) is 4.57 Å². The summed E-state index contributed by atoms with van der Waals surface area (Å²) in [6, 6.07) is 6.99. The number of aliphatic hydroxyl groups excluding tert-OH is 6. The van der Waals surface area contributed by atoms with Crippen molar-refractivity contribution in [2.45, 2.75) is 101 Å². The summed E-state index contributed by atoms with van der Waals surface area (Å²) in [5.41, 5.74) is 3.03. The van der Waals surface area contributed by atoms with Crippen LogP contribution in [0.2, 0.25) is 20.1 Å². The molecule has 3 aliphatic rings. The van der Waals surface area contributed by atoms with E-state index in [2.05, 4.69) is 9.80 Å². The number of fused-ring (bicyclic) bond motifs is 2. The number of aryl methyl sites for hydroxylation is 2. The Balaban J connectivity index is 0.00000436. The fourth-order valence-electron chi connectivity index (χ4n) is 7.62. The normalized spacial score (nSPS) is 27.1. The molecule has 6 rings (SSSR count). The van der Waals surface area contributed by atoms with Crippen LogP contribution in [0.4, 0.5) is 11.4 Å². The Labute approximate surface area is 406 Å². The maximum absolute atomic E-state index is 11.5. The summed E-state index contributed by atoms with van der Waals surface area (Å²) in [4.78, 5) is 27.2. The van der Waals surface area contributed by atoms with Gasteiger partial charge in [-0.15, -0.1) is 0 Å². The van der Waals surface area contributed by atoms with Gasteiger partial charge in [0.1, 0.15) is 54.7 Å². The quantitative estimate of drug-likeness (QED) is 0.0444. The number of benzene rings is 2. The Kier molecular flexibility index (Phi) is 19.6. The number of aromatic nitrogens is 2. The van der Waals surface area contributed by atoms with E-state index in [1.165, 1.54) is 0 Å². The number of nitrogens with zero attached hydrogens (tertiary/aromatic N) is 4. The number of hydrogen-bond donors (Lipinski definition) is 6. The van der Waals surface area contributed by atoms with Crippen molar-refractivity contribution in [3.05, 3.63) is 68.2 Å². The Morgan fingerprint density at radius 2 is 1.17 bits per heavy atom. The van der Waals surface area contributed by atoms with E-state index in [0.29, 0.717) is 40.0 Å². The molecule has 3 aromatic rings. The summed E-state index contributed by atoms with van der Waals surface area (Å²) in [5, 5.41) is 85.7. The minimum absolute atomic E-state index is 0. The Hall–Kier alpha value is -2.12. The Morgan fingerprint density at radius 1 is 0.714 bits per heavy atom. The molecule has 6 N–H and O–H groups in total. The third-order valence-electron chi connectivity index (χ3n) is 10.6. The SMILES string of the molecule is CCN1C(=CC=Cc2n(CCCO[C@@H]3OC(C(=O)[O-])[C@H](O)[C@H](O)C3O)c3cc(Cl)c(Cl)cc3[n+]2CCCO[C@H]2OC(C(=O)[O-])[C@@H](O)C(O)[C@H]2O)N(CC)c2cc(Cl)c(Cl)cc21.[Li+].[Li+]. The number of anilines is 2. The van der Waals surface area contributed by atoms with Gasteiger partial charge in [0.2, 0.25) is 0 Å². The number of imidazole rings is 1. The molecule has 0 radical (unpaired) electrons. The average molecular weight is 949 g/mol. The van der Waals surface area contributed by atoms with E-state index >= 15 is 0 Å². The number of rotatable bonds is 16. The zero-order chi connectivity index (χ0) is 44.4. The Bertz CT molecular complexity index is 2030. The molecule has 0 aliphatic carbocycles. The van der Waals surface area contributed by atoms with Crippen LogP contribution in [0.15, 0.2) is 42.2 Å². The van der Waals surface area contributed by atoms with E-state index in [0.717, 1.165) is 17.2 Å². The van der Waals surface area contributed by atoms with Gasteiger partial charge in [0, 0.05) is 44.1 Å². The van der Waals surface area contributed by atoms with Crippen molar-refractivity contribution in [3.63, 3.8) is 0 Å². The molecule has 4 heterocycles. The number of carboxylic acids is 2. The van der Waals surface area contributed by atoms with Crippen LogP contribution in [0.1, 0.15) is 32.5 Å². The molecule has 334 valence electrons. The van der Waals surface area contributed by atoms with Crippen molar-refractivity contribution in [3.8, 4) is 0 Å². The van der Waals surface area contributed by atoms with Crippen molar-refractivity contribution >= 4 is 86.8 Å². The second-order valence-corrected chi connectivity index (χ2v) is 16.1. The molecule has 1 aromatic heterocycles. The molecule has 10 atom stereocenters. The minimum atomic E-state index is -1.94. The third-order valence-corrected chi connectivity index (χ3v) is 12.1. The van der Waals surface area contributed by atoms with E-state index in [4.69, 9.17) is 65.4 Å². The number of aliphatic hydroxyl groups is 6. The molecule has 63 heavy (non-hydrogen) atoms. The first-order chi connectivity index (χ1) is 29.0. The number of carbonyl (C=O) groups is 2. The number of carboxylic acid groups (broad SMARTS) is 2. The van der Waals surface area contributed by atoms with Gasteiger partial charge in [-0.25, -0.2) is 9.13 Å². The summed E-state index contributed by atoms with van der Waals surface area (Å²) >= 11 is 25.9. The van der Waals surface area contributed by atoms with E-state index < -0.39 is 73.4 Å². The molecular weight excluding hydrogens is 904 g/mol. The standard InChI is InChI=1S/C39H46Cl4N4O14.2Li/c1-3-44-22-14-18(40)19(41)15-23(22)45(4-2)26(44)8-5-9-27-46(10-6-12-58-38-32(52)28(48)30(50)34(60-38)36(54)55)24-16-20(42)21(43)17-25(24)47(27)11-7-13-59-39-33(53)29(49)31(51)35(61-39)37(56)57;;/h5,8-9,14-17,28-35,38-39,48-53H,3-4,6-7,10-13H2,1-2H3,(H-,54,55,56,57);;/q;2*+1/p-1/t28-,29?,30+,31-,32?,33+,34?,35?,38+,39-;;/m0../s1. The van der Waals surface area contributed by atoms with Crippen LogP contribution in [-0.4, -0.2) is 135 Å². The van der Waals surface area contributed by atoms with Crippen LogP contribution >= 0.6 is 46.4 Å². The van der Waals surface area contributed by atoms with Gasteiger partial charge in [0.25, 0.3) is 5.82 Å².